The van der Waals surface area contributed by atoms with Crippen LogP contribution in [0.4, 0.5) is 17.6 Å². The molecule has 0 heterocycles. The minimum Gasteiger partial charge on any atom is -0.466 e. The van der Waals surface area contributed by atoms with Crippen molar-refractivity contribution in [2.45, 2.75) is 6.18 Å². The van der Waals surface area contributed by atoms with Crippen LogP contribution in [0.15, 0.2) is 18.2 Å². The van der Waals surface area contributed by atoms with Gasteiger partial charge in [-0.25, -0.2) is 4.39 Å². The highest BCUT2D eigenvalue weighted by Crippen LogP contribution is 2.20. The predicted molar refractivity (Wildman–Crippen MR) is 61.5 cm³/mol. The maximum Gasteiger partial charge on any atom is 0.411 e. The Balaban J connectivity index is 2.63. The van der Waals surface area contributed by atoms with E-state index in [0.717, 1.165) is 12.1 Å². The lowest BCUT2D eigenvalue weighted by Gasteiger charge is -2.10. The van der Waals surface area contributed by atoms with Gasteiger partial charge in [0, 0.05) is 6.07 Å². The molecule has 0 radical (unpaired) electrons. The maximum atomic E-state index is 13.0. The van der Waals surface area contributed by atoms with Crippen LogP contribution in [0.5, 0.6) is 5.75 Å². The van der Waals surface area contributed by atoms with Crippen molar-refractivity contribution < 1.29 is 27.0 Å². The van der Waals surface area contributed by atoms with Crippen LogP contribution in [0.25, 0.3) is 0 Å². The molecule has 0 saturated carbocycles. The van der Waals surface area contributed by atoms with Gasteiger partial charge in [0.2, 0.25) is 0 Å². The zero-order valence-electron chi connectivity index (χ0n) is 9.56. The van der Waals surface area contributed by atoms with Crippen molar-refractivity contribution in [3.05, 3.63) is 29.6 Å². The number of halogens is 5. The molecule has 0 saturated heterocycles. The molecule has 0 aliphatic rings. The quantitative estimate of drug-likeness (QED) is 0.279. The van der Waals surface area contributed by atoms with Gasteiger partial charge in [0.1, 0.15) is 18.2 Å². The molecule has 1 aromatic rings. The van der Waals surface area contributed by atoms with Crippen LogP contribution in [0.1, 0.15) is 5.56 Å². The average Bonchev–Trinajstić information content (AvgIpc) is 2.32. The Morgan fingerprint density at radius 2 is 2.00 bits per heavy atom. The summed E-state index contributed by atoms with van der Waals surface area (Å²) in [5.41, 5.74) is 0.317. The van der Waals surface area contributed by atoms with Gasteiger partial charge >= 0.3 is 6.18 Å². The molecule has 0 atom stereocenters. The summed E-state index contributed by atoms with van der Waals surface area (Å²) in [4.78, 5) is 0. The second-order valence-corrected chi connectivity index (χ2v) is 3.57. The summed E-state index contributed by atoms with van der Waals surface area (Å²) in [6.07, 6.45) is -4.44. The van der Waals surface area contributed by atoms with Crippen LogP contribution < -0.4 is 4.74 Å². The molecule has 0 aromatic heterocycles. The Hall–Kier alpha value is -1.45. The SMILES string of the molecule is Fc1ccc(C#CCCl)c(OCOCC(F)(F)F)c1. The lowest BCUT2D eigenvalue weighted by Crippen LogP contribution is -2.19. The predicted octanol–water partition coefficient (Wildman–Crippen LogP) is 3.33. The van der Waals surface area contributed by atoms with Crippen molar-refractivity contribution in [1.29, 1.82) is 0 Å². The topological polar surface area (TPSA) is 18.5 Å². The maximum absolute atomic E-state index is 13.0. The van der Waals surface area contributed by atoms with Crippen molar-refractivity contribution >= 4 is 11.6 Å². The number of alkyl halides is 4. The number of benzene rings is 1. The summed E-state index contributed by atoms with van der Waals surface area (Å²) in [7, 11) is 0. The molecular formula is C12H9ClF4O2. The Morgan fingerprint density at radius 1 is 1.26 bits per heavy atom. The molecule has 0 amide bonds. The van der Waals surface area contributed by atoms with Crippen molar-refractivity contribution in [1.82, 2.24) is 0 Å². The van der Waals surface area contributed by atoms with Crippen molar-refractivity contribution in [3.63, 3.8) is 0 Å². The molecule has 0 fully saturated rings. The van der Waals surface area contributed by atoms with Crippen LogP contribution in [0.2, 0.25) is 0 Å². The van der Waals surface area contributed by atoms with E-state index in [1.165, 1.54) is 6.07 Å². The minimum absolute atomic E-state index is 0.000193. The molecule has 0 aliphatic carbocycles. The van der Waals surface area contributed by atoms with Crippen LogP contribution in [0.3, 0.4) is 0 Å². The summed E-state index contributed by atoms with van der Waals surface area (Å²) in [6, 6.07) is 3.50. The Bertz CT molecular complexity index is 477. The normalized spacial score (nSPS) is 10.8. The Labute approximate surface area is 112 Å². The molecule has 1 rings (SSSR count). The fraction of sp³-hybridized carbons (Fsp3) is 0.333. The Kier molecular flexibility index (Phi) is 5.93. The molecule has 0 unspecified atom stereocenters. The van der Waals surface area contributed by atoms with E-state index in [9.17, 15) is 17.6 Å². The summed E-state index contributed by atoms with van der Waals surface area (Å²) in [5, 5.41) is 0. The third kappa shape index (κ3) is 6.32. The Morgan fingerprint density at radius 3 is 2.63 bits per heavy atom. The fourth-order valence-corrected chi connectivity index (χ4v) is 1.18. The molecular weight excluding hydrogens is 288 g/mol. The van der Waals surface area contributed by atoms with Gasteiger partial charge in [-0.1, -0.05) is 11.8 Å². The van der Waals surface area contributed by atoms with Crippen LogP contribution in [-0.2, 0) is 4.74 Å². The van der Waals surface area contributed by atoms with E-state index in [4.69, 9.17) is 16.3 Å². The first-order valence-corrected chi connectivity index (χ1v) is 5.57. The fourth-order valence-electron chi connectivity index (χ4n) is 1.11. The number of hydrogen-bond donors (Lipinski definition) is 0. The number of rotatable bonds is 4. The summed E-state index contributed by atoms with van der Waals surface area (Å²) >= 11 is 5.37. The zero-order valence-corrected chi connectivity index (χ0v) is 10.3. The molecule has 7 heteroatoms. The van der Waals surface area contributed by atoms with Crippen molar-refractivity contribution in [3.8, 4) is 17.6 Å². The summed E-state index contributed by atoms with van der Waals surface area (Å²) in [5.74, 6) is 4.60. The van der Waals surface area contributed by atoms with E-state index in [1.807, 2.05) is 0 Å². The average molecular weight is 297 g/mol. The summed E-state index contributed by atoms with van der Waals surface area (Å²) < 4.78 is 57.6. The van der Waals surface area contributed by atoms with Gasteiger partial charge in [0.25, 0.3) is 0 Å². The van der Waals surface area contributed by atoms with E-state index in [2.05, 4.69) is 16.6 Å². The summed E-state index contributed by atoms with van der Waals surface area (Å²) in [6.45, 7) is -2.09. The second kappa shape index (κ2) is 7.22. The first kappa shape index (κ1) is 15.6. The van der Waals surface area contributed by atoms with Gasteiger partial charge in [0.15, 0.2) is 6.79 Å². The standard InChI is InChI=1S/C12H9ClF4O2/c13-5-1-2-9-3-4-10(14)6-11(9)19-8-18-7-12(15,16)17/h3-4,6H,5,7-8H2. The van der Waals surface area contributed by atoms with Crippen LogP contribution in [0, 0.1) is 17.7 Å². The largest absolute Gasteiger partial charge is 0.466 e. The van der Waals surface area contributed by atoms with Gasteiger partial charge in [-0.05, 0) is 12.1 Å². The molecule has 0 spiro atoms. The van der Waals surface area contributed by atoms with E-state index < -0.39 is 25.4 Å². The lowest BCUT2D eigenvalue weighted by atomic mass is 10.2. The lowest BCUT2D eigenvalue weighted by molar-refractivity contribution is -0.186. The van der Waals surface area contributed by atoms with Crippen LogP contribution in [-0.4, -0.2) is 25.5 Å². The van der Waals surface area contributed by atoms with E-state index in [0.29, 0.717) is 5.56 Å². The smallest absolute Gasteiger partial charge is 0.411 e. The first-order chi connectivity index (χ1) is 8.92. The minimum atomic E-state index is -4.44. The highest BCUT2D eigenvalue weighted by Gasteiger charge is 2.27. The number of hydrogen-bond acceptors (Lipinski definition) is 2. The van der Waals surface area contributed by atoms with Crippen LogP contribution >= 0.6 is 11.6 Å². The van der Waals surface area contributed by atoms with Gasteiger partial charge in [-0.3, -0.25) is 0 Å². The van der Waals surface area contributed by atoms with Gasteiger partial charge in [-0.15, -0.1) is 11.6 Å². The molecule has 0 bridgehead atoms. The third-order valence-electron chi connectivity index (χ3n) is 1.80. The number of ether oxygens (including phenoxy) is 2. The van der Waals surface area contributed by atoms with E-state index >= 15 is 0 Å². The second-order valence-electron chi connectivity index (χ2n) is 3.30. The molecule has 1 aromatic carbocycles. The highest BCUT2D eigenvalue weighted by atomic mass is 35.5. The molecule has 0 aliphatic heterocycles. The van der Waals surface area contributed by atoms with Crippen molar-refractivity contribution in [2.75, 3.05) is 19.3 Å². The third-order valence-corrected chi connectivity index (χ3v) is 1.93. The highest BCUT2D eigenvalue weighted by molar-refractivity contribution is 6.19. The zero-order chi connectivity index (χ0) is 14.3. The van der Waals surface area contributed by atoms with E-state index in [1.54, 1.807) is 0 Å². The van der Waals surface area contributed by atoms with Crippen molar-refractivity contribution in [2.24, 2.45) is 0 Å². The molecule has 0 N–H and O–H groups in total. The van der Waals surface area contributed by atoms with Gasteiger partial charge in [-0.2, -0.15) is 13.2 Å². The van der Waals surface area contributed by atoms with Gasteiger partial charge in [0.05, 0.1) is 11.4 Å². The molecule has 104 valence electrons. The van der Waals surface area contributed by atoms with Gasteiger partial charge < -0.3 is 9.47 Å². The monoisotopic (exact) mass is 296 g/mol. The first-order valence-electron chi connectivity index (χ1n) is 5.04. The van der Waals surface area contributed by atoms with E-state index in [-0.39, 0.29) is 11.6 Å². The molecule has 2 nitrogen and oxygen atoms in total. The molecule has 19 heavy (non-hydrogen) atoms.